The lowest BCUT2D eigenvalue weighted by atomic mass is 10.2. The van der Waals surface area contributed by atoms with Gasteiger partial charge >= 0.3 is 0 Å². The molecular weight excluding hydrogens is 441 g/mol. The van der Waals surface area contributed by atoms with Gasteiger partial charge < -0.3 is 14.5 Å². The Morgan fingerprint density at radius 1 is 1.07 bits per heavy atom. The largest absolute Gasteiger partial charge is 0.378 e. The van der Waals surface area contributed by atoms with Crippen LogP contribution in [0.5, 0.6) is 0 Å². The smallest absolute Gasteiger partial charge is 0.227 e. The third-order valence-corrected chi connectivity index (χ3v) is 6.68. The highest BCUT2D eigenvalue weighted by atomic mass is 35.5. The number of hydrogen-bond acceptors (Lipinski definition) is 7. The first-order chi connectivity index (χ1) is 14.6. The third kappa shape index (κ3) is 3.78. The van der Waals surface area contributed by atoms with Crippen molar-refractivity contribution in [2.24, 2.45) is 0 Å². The van der Waals surface area contributed by atoms with E-state index in [0.717, 1.165) is 51.0 Å². The molecule has 1 aromatic carbocycles. The summed E-state index contributed by atoms with van der Waals surface area (Å²) in [5.74, 6) is 1.62. The average Bonchev–Trinajstić information content (AvgIpc) is 3.16. The summed E-state index contributed by atoms with van der Waals surface area (Å²) < 4.78 is 6.50. The molecule has 0 amide bonds. The number of benzene rings is 1. The molecule has 2 aromatic heterocycles. The molecular formula is C21H19Cl2N5OS. The van der Waals surface area contributed by atoms with Crippen LogP contribution in [0.4, 0.5) is 11.8 Å². The molecule has 30 heavy (non-hydrogen) atoms. The van der Waals surface area contributed by atoms with Gasteiger partial charge in [0.1, 0.15) is 10.8 Å². The molecule has 0 spiro atoms. The van der Waals surface area contributed by atoms with Gasteiger partial charge in [-0.1, -0.05) is 29.3 Å². The minimum atomic E-state index is 0.604. The van der Waals surface area contributed by atoms with E-state index in [1.807, 2.05) is 31.2 Å². The quantitative estimate of drug-likeness (QED) is 0.599. The van der Waals surface area contributed by atoms with Crippen molar-refractivity contribution in [1.29, 1.82) is 0 Å². The SMILES string of the molecule is Cc1cc(N2C=c3sc(-c4c(Cl)cccc4Cl)nc3=CC2)nc(N2CCOCC2)n1. The van der Waals surface area contributed by atoms with Gasteiger partial charge in [0.2, 0.25) is 5.95 Å². The first-order valence-electron chi connectivity index (χ1n) is 9.67. The van der Waals surface area contributed by atoms with E-state index in [1.54, 1.807) is 11.3 Å². The molecule has 9 heteroatoms. The molecule has 154 valence electrons. The summed E-state index contributed by atoms with van der Waals surface area (Å²) in [6.45, 7) is 5.70. The van der Waals surface area contributed by atoms with Crippen LogP contribution in [0.3, 0.4) is 0 Å². The Balaban J connectivity index is 1.51. The molecule has 1 fully saturated rings. The molecule has 0 bridgehead atoms. The van der Waals surface area contributed by atoms with Gasteiger partial charge in [0.05, 0.1) is 33.1 Å². The van der Waals surface area contributed by atoms with Crippen LogP contribution in [0.1, 0.15) is 5.69 Å². The molecule has 0 aliphatic carbocycles. The van der Waals surface area contributed by atoms with E-state index in [0.29, 0.717) is 29.8 Å². The molecule has 0 saturated carbocycles. The number of nitrogens with zero attached hydrogens (tertiary/aromatic N) is 5. The number of fused-ring (bicyclic) bond motifs is 1. The summed E-state index contributed by atoms with van der Waals surface area (Å²) in [6.07, 6.45) is 4.19. The van der Waals surface area contributed by atoms with Gasteiger partial charge in [-0.2, -0.15) is 4.98 Å². The van der Waals surface area contributed by atoms with Crippen LogP contribution in [0, 0.1) is 6.92 Å². The number of halogens is 2. The van der Waals surface area contributed by atoms with Crippen LogP contribution in [-0.2, 0) is 4.74 Å². The molecule has 6 nitrogen and oxygen atoms in total. The topological polar surface area (TPSA) is 54.4 Å². The van der Waals surface area contributed by atoms with Crippen molar-refractivity contribution in [2.45, 2.75) is 6.92 Å². The molecule has 0 N–H and O–H groups in total. The van der Waals surface area contributed by atoms with E-state index in [1.165, 1.54) is 0 Å². The predicted octanol–water partition coefficient (Wildman–Crippen LogP) is 3.09. The molecule has 4 heterocycles. The van der Waals surface area contributed by atoms with Crippen LogP contribution < -0.4 is 19.7 Å². The Kier molecular flexibility index (Phi) is 5.37. The van der Waals surface area contributed by atoms with Crippen molar-refractivity contribution in [3.63, 3.8) is 0 Å². The minimum absolute atomic E-state index is 0.604. The second-order valence-electron chi connectivity index (χ2n) is 7.12. The van der Waals surface area contributed by atoms with Crippen LogP contribution in [0.2, 0.25) is 10.0 Å². The summed E-state index contributed by atoms with van der Waals surface area (Å²) in [7, 11) is 0. The summed E-state index contributed by atoms with van der Waals surface area (Å²) in [4.78, 5) is 18.5. The summed E-state index contributed by atoms with van der Waals surface area (Å²) >= 11 is 14.3. The Hall–Kier alpha value is -2.19. The molecule has 3 aromatic rings. The zero-order valence-electron chi connectivity index (χ0n) is 16.3. The summed E-state index contributed by atoms with van der Waals surface area (Å²) in [6, 6.07) is 7.51. The van der Waals surface area contributed by atoms with Crippen molar-refractivity contribution in [2.75, 3.05) is 42.6 Å². The number of hydrogen-bond donors (Lipinski definition) is 0. The molecule has 2 aliphatic heterocycles. The molecule has 5 rings (SSSR count). The zero-order valence-corrected chi connectivity index (χ0v) is 18.6. The van der Waals surface area contributed by atoms with E-state index in [9.17, 15) is 0 Å². The summed E-state index contributed by atoms with van der Waals surface area (Å²) in [5.41, 5.74) is 1.72. The van der Waals surface area contributed by atoms with Gasteiger partial charge in [0.25, 0.3) is 0 Å². The van der Waals surface area contributed by atoms with E-state index < -0.39 is 0 Å². The number of anilines is 2. The van der Waals surface area contributed by atoms with E-state index >= 15 is 0 Å². The number of aromatic nitrogens is 3. The van der Waals surface area contributed by atoms with Gasteiger partial charge in [-0.05, 0) is 25.1 Å². The average molecular weight is 460 g/mol. The zero-order chi connectivity index (χ0) is 20.7. The maximum atomic E-state index is 6.38. The molecule has 0 radical (unpaired) electrons. The molecule has 0 unspecified atom stereocenters. The lowest BCUT2D eigenvalue weighted by Crippen LogP contribution is -2.38. The van der Waals surface area contributed by atoms with Crippen molar-refractivity contribution < 1.29 is 4.74 Å². The first-order valence-corrected chi connectivity index (χ1v) is 11.2. The normalized spacial score (nSPS) is 16.1. The number of thiazole rings is 1. The second-order valence-corrected chi connectivity index (χ2v) is 8.96. The fraction of sp³-hybridized carbons (Fsp3) is 0.286. The number of morpholine rings is 1. The van der Waals surface area contributed by atoms with Gasteiger partial charge in [0, 0.05) is 43.2 Å². The minimum Gasteiger partial charge on any atom is -0.378 e. The standard InChI is InChI=1S/C21H19Cl2N5OS/c1-13-11-18(26-21(24-13)27-7-9-29-10-8-27)28-6-5-16-17(12-28)30-20(25-16)19-14(22)3-2-4-15(19)23/h2-5,11-12H,6-10H2,1H3. The summed E-state index contributed by atoms with van der Waals surface area (Å²) in [5, 5.41) is 2.97. The van der Waals surface area contributed by atoms with Crippen LogP contribution in [0.15, 0.2) is 24.3 Å². The molecule has 2 aliphatic rings. The van der Waals surface area contributed by atoms with Gasteiger partial charge in [-0.25, -0.2) is 9.97 Å². The Bertz CT molecular complexity index is 1200. The van der Waals surface area contributed by atoms with Crippen LogP contribution >= 0.6 is 34.5 Å². The van der Waals surface area contributed by atoms with Crippen LogP contribution in [-0.4, -0.2) is 47.8 Å². The van der Waals surface area contributed by atoms with E-state index in [2.05, 4.69) is 27.1 Å². The predicted molar refractivity (Wildman–Crippen MR) is 123 cm³/mol. The highest BCUT2D eigenvalue weighted by Gasteiger charge is 2.18. The van der Waals surface area contributed by atoms with Crippen molar-refractivity contribution in [1.82, 2.24) is 15.0 Å². The highest BCUT2D eigenvalue weighted by molar-refractivity contribution is 7.13. The van der Waals surface area contributed by atoms with Gasteiger partial charge in [-0.3, -0.25) is 0 Å². The van der Waals surface area contributed by atoms with Crippen molar-refractivity contribution in [3.8, 4) is 10.6 Å². The van der Waals surface area contributed by atoms with Crippen molar-refractivity contribution >= 4 is 58.6 Å². The Labute approximate surface area is 188 Å². The number of aryl methyl sites for hydroxylation is 1. The van der Waals surface area contributed by atoms with Gasteiger partial charge in [0.15, 0.2) is 0 Å². The maximum absolute atomic E-state index is 6.38. The fourth-order valence-corrected chi connectivity index (χ4v) is 5.30. The second kappa shape index (κ2) is 8.15. The third-order valence-electron chi connectivity index (χ3n) is 5.03. The van der Waals surface area contributed by atoms with E-state index in [-0.39, 0.29) is 0 Å². The first kappa shape index (κ1) is 19.8. The molecule has 0 atom stereocenters. The number of ether oxygens (including phenoxy) is 1. The maximum Gasteiger partial charge on any atom is 0.227 e. The van der Waals surface area contributed by atoms with Crippen LogP contribution in [0.25, 0.3) is 22.8 Å². The highest BCUT2D eigenvalue weighted by Crippen LogP contribution is 2.34. The van der Waals surface area contributed by atoms with E-state index in [4.69, 9.17) is 37.9 Å². The van der Waals surface area contributed by atoms with Crippen molar-refractivity contribution in [3.05, 3.63) is 49.9 Å². The fourth-order valence-electron chi connectivity index (χ4n) is 3.52. The lowest BCUT2D eigenvalue weighted by molar-refractivity contribution is 0.122. The molecule has 1 saturated heterocycles. The lowest BCUT2D eigenvalue weighted by Gasteiger charge is -2.28. The Morgan fingerprint density at radius 3 is 2.60 bits per heavy atom. The Morgan fingerprint density at radius 2 is 1.83 bits per heavy atom. The van der Waals surface area contributed by atoms with Gasteiger partial charge in [-0.15, -0.1) is 11.3 Å². The number of rotatable bonds is 3. The monoisotopic (exact) mass is 459 g/mol.